The summed E-state index contributed by atoms with van der Waals surface area (Å²) in [5.41, 5.74) is 3.00. The van der Waals surface area contributed by atoms with Crippen molar-refractivity contribution in [2.75, 3.05) is 19.7 Å². The van der Waals surface area contributed by atoms with Crippen molar-refractivity contribution >= 4 is 18.0 Å². The number of fused-ring (bicyclic) bond motifs is 3. The second kappa shape index (κ2) is 8.21. The molecule has 2 aromatic rings. The third-order valence-electron chi connectivity index (χ3n) is 6.63. The first-order valence-electron chi connectivity index (χ1n) is 11.1. The molecule has 1 saturated heterocycles. The SMILES string of the molecule is CC1(C(=O)O)CN(C(=O)[C@@H](NC(=O)OCC2c3ccccc3-c3ccccc32)C(C)(C)C)C1. The molecule has 0 aromatic heterocycles. The molecule has 0 unspecified atom stereocenters. The molecule has 2 aromatic carbocycles. The number of ether oxygens (including phenoxy) is 1. The number of carboxylic acid groups (broad SMARTS) is 1. The number of carbonyl (C=O) groups is 3. The van der Waals surface area contributed by atoms with Gasteiger partial charge in [0, 0.05) is 19.0 Å². The van der Waals surface area contributed by atoms with Crippen molar-refractivity contribution < 1.29 is 24.2 Å². The second-order valence-electron chi connectivity index (χ2n) is 10.3. The van der Waals surface area contributed by atoms with Gasteiger partial charge < -0.3 is 20.1 Å². The molecule has 33 heavy (non-hydrogen) atoms. The Bertz CT molecular complexity index is 1050. The van der Waals surface area contributed by atoms with Crippen LogP contribution in [0, 0.1) is 10.8 Å². The number of nitrogens with zero attached hydrogens (tertiary/aromatic N) is 1. The van der Waals surface area contributed by atoms with Gasteiger partial charge in [-0.25, -0.2) is 4.79 Å². The molecule has 174 valence electrons. The van der Waals surface area contributed by atoms with E-state index in [0.717, 1.165) is 22.3 Å². The fourth-order valence-corrected chi connectivity index (χ4v) is 4.68. The predicted molar refractivity (Wildman–Crippen MR) is 124 cm³/mol. The topological polar surface area (TPSA) is 95.9 Å². The zero-order chi connectivity index (χ0) is 24.0. The number of likely N-dealkylation sites (tertiary alicyclic amines) is 1. The zero-order valence-electron chi connectivity index (χ0n) is 19.4. The summed E-state index contributed by atoms with van der Waals surface area (Å²) >= 11 is 0. The summed E-state index contributed by atoms with van der Waals surface area (Å²) in [6.07, 6.45) is -0.661. The van der Waals surface area contributed by atoms with Crippen LogP contribution in [0.3, 0.4) is 0 Å². The van der Waals surface area contributed by atoms with Crippen LogP contribution in [-0.4, -0.2) is 53.7 Å². The van der Waals surface area contributed by atoms with Crippen LogP contribution in [0.15, 0.2) is 48.5 Å². The van der Waals surface area contributed by atoms with E-state index < -0.39 is 28.9 Å². The van der Waals surface area contributed by atoms with Gasteiger partial charge in [0.15, 0.2) is 0 Å². The molecule has 2 amide bonds. The van der Waals surface area contributed by atoms with Crippen molar-refractivity contribution in [1.82, 2.24) is 10.2 Å². The van der Waals surface area contributed by atoms with Gasteiger partial charge in [-0.2, -0.15) is 0 Å². The number of carboxylic acids is 1. The van der Waals surface area contributed by atoms with Crippen molar-refractivity contribution in [1.29, 1.82) is 0 Å². The highest BCUT2D eigenvalue weighted by Crippen LogP contribution is 2.44. The molecule has 7 heteroatoms. The molecular weight excluding hydrogens is 420 g/mol. The smallest absolute Gasteiger partial charge is 0.407 e. The van der Waals surface area contributed by atoms with Gasteiger partial charge in [0.05, 0.1) is 5.41 Å². The van der Waals surface area contributed by atoms with Crippen molar-refractivity contribution in [3.05, 3.63) is 59.7 Å². The number of hydrogen-bond donors (Lipinski definition) is 2. The Morgan fingerprint density at radius 3 is 2.06 bits per heavy atom. The maximum atomic E-state index is 13.1. The molecule has 0 radical (unpaired) electrons. The van der Waals surface area contributed by atoms with Crippen LogP contribution < -0.4 is 5.32 Å². The Balaban J connectivity index is 1.43. The largest absolute Gasteiger partial charge is 0.481 e. The maximum absolute atomic E-state index is 13.1. The summed E-state index contributed by atoms with van der Waals surface area (Å²) in [6, 6.07) is 15.4. The maximum Gasteiger partial charge on any atom is 0.407 e. The molecule has 0 spiro atoms. The highest BCUT2D eigenvalue weighted by molar-refractivity contribution is 5.89. The molecule has 2 aliphatic rings. The first-order chi connectivity index (χ1) is 15.5. The molecule has 1 aliphatic heterocycles. The summed E-state index contributed by atoms with van der Waals surface area (Å²) in [5, 5.41) is 12.1. The normalized spacial score (nSPS) is 17.4. The van der Waals surface area contributed by atoms with E-state index in [1.54, 1.807) is 6.92 Å². The quantitative estimate of drug-likeness (QED) is 0.721. The third-order valence-corrected chi connectivity index (χ3v) is 6.63. The van der Waals surface area contributed by atoms with Crippen LogP contribution in [-0.2, 0) is 14.3 Å². The van der Waals surface area contributed by atoms with Gasteiger partial charge in [0.25, 0.3) is 0 Å². The molecule has 1 fully saturated rings. The monoisotopic (exact) mass is 450 g/mol. The number of nitrogens with one attached hydrogen (secondary N) is 1. The van der Waals surface area contributed by atoms with Crippen molar-refractivity contribution in [2.45, 2.75) is 39.7 Å². The van der Waals surface area contributed by atoms with Crippen molar-refractivity contribution in [3.63, 3.8) is 0 Å². The van der Waals surface area contributed by atoms with E-state index in [1.807, 2.05) is 57.2 Å². The minimum Gasteiger partial charge on any atom is -0.481 e. The Labute approximate surface area is 193 Å². The summed E-state index contributed by atoms with van der Waals surface area (Å²) in [5.74, 6) is -1.29. The van der Waals surface area contributed by atoms with Gasteiger partial charge >= 0.3 is 12.1 Å². The van der Waals surface area contributed by atoms with Crippen LogP contribution in [0.5, 0.6) is 0 Å². The van der Waals surface area contributed by atoms with E-state index in [0.29, 0.717) is 0 Å². The first-order valence-corrected chi connectivity index (χ1v) is 11.1. The summed E-state index contributed by atoms with van der Waals surface area (Å²) in [4.78, 5) is 38.7. The predicted octanol–water partition coefficient (Wildman–Crippen LogP) is 3.87. The molecule has 0 bridgehead atoms. The molecule has 1 atom stereocenters. The molecule has 7 nitrogen and oxygen atoms in total. The van der Waals surface area contributed by atoms with Gasteiger partial charge in [-0.15, -0.1) is 0 Å². The number of rotatable bonds is 5. The lowest BCUT2D eigenvalue weighted by atomic mass is 9.79. The summed E-state index contributed by atoms with van der Waals surface area (Å²) in [6.45, 7) is 7.59. The lowest BCUT2D eigenvalue weighted by Crippen LogP contribution is -2.65. The molecule has 4 rings (SSSR count). The van der Waals surface area contributed by atoms with Crippen molar-refractivity contribution in [3.8, 4) is 11.1 Å². The van der Waals surface area contributed by atoms with Gasteiger partial charge in [-0.05, 0) is 34.6 Å². The molecule has 0 saturated carbocycles. The molecule has 2 N–H and O–H groups in total. The highest BCUT2D eigenvalue weighted by Gasteiger charge is 2.50. The van der Waals surface area contributed by atoms with Crippen LogP contribution in [0.4, 0.5) is 4.79 Å². The van der Waals surface area contributed by atoms with Gasteiger partial charge in [-0.3, -0.25) is 9.59 Å². The molecular formula is C26H30N2O5. The second-order valence-corrected chi connectivity index (χ2v) is 10.3. The Morgan fingerprint density at radius 1 is 1.06 bits per heavy atom. The lowest BCUT2D eigenvalue weighted by molar-refractivity contribution is -0.165. The molecule has 1 heterocycles. The fraction of sp³-hybridized carbons (Fsp3) is 0.423. The van der Waals surface area contributed by atoms with E-state index in [9.17, 15) is 19.5 Å². The minimum absolute atomic E-state index is 0.0707. The van der Waals surface area contributed by atoms with E-state index in [2.05, 4.69) is 17.4 Å². The Hall–Kier alpha value is -3.35. The standard InChI is InChI=1S/C26H30N2O5/c1-25(2,3)21(22(29)28-14-26(4,15-28)23(30)31)27-24(32)33-13-20-18-11-7-5-9-16(18)17-10-6-8-12-19(17)20/h5-12,20-21H,13-15H2,1-4H3,(H,27,32)(H,30,31)/t21-/m1/s1. The van der Waals surface area contributed by atoms with Crippen LogP contribution in [0.25, 0.3) is 11.1 Å². The van der Waals surface area contributed by atoms with Crippen LogP contribution in [0.1, 0.15) is 44.7 Å². The lowest BCUT2D eigenvalue weighted by Gasteiger charge is -2.47. The van der Waals surface area contributed by atoms with E-state index in [-0.39, 0.29) is 31.5 Å². The number of alkyl carbamates (subject to hydrolysis) is 1. The Kier molecular flexibility index (Phi) is 5.68. The van der Waals surface area contributed by atoms with Crippen LogP contribution in [0.2, 0.25) is 0 Å². The van der Waals surface area contributed by atoms with Gasteiger partial charge in [-0.1, -0.05) is 69.3 Å². The number of benzene rings is 2. The average molecular weight is 451 g/mol. The van der Waals surface area contributed by atoms with Crippen molar-refractivity contribution in [2.24, 2.45) is 10.8 Å². The van der Waals surface area contributed by atoms with E-state index in [1.165, 1.54) is 4.90 Å². The fourth-order valence-electron chi connectivity index (χ4n) is 4.68. The first kappa shape index (κ1) is 22.8. The van der Waals surface area contributed by atoms with Gasteiger partial charge in [0.2, 0.25) is 5.91 Å². The summed E-state index contributed by atoms with van der Waals surface area (Å²) < 4.78 is 5.61. The van der Waals surface area contributed by atoms with E-state index in [4.69, 9.17) is 4.74 Å². The number of carbonyl (C=O) groups excluding carboxylic acids is 2. The average Bonchev–Trinajstić information content (AvgIpc) is 3.06. The zero-order valence-corrected chi connectivity index (χ0v) is 19.4. The highest BCUT2D eigenvalue weighted by atomic mass is 16.5. The number of hydrogen-bond acceptors (Lipinski definition) is 4. The molecule has 1 aliphatic carbocycles. The Morgan fingerprint density at radius 2 is 1.58 bits per heavy atom. The van der Waals surface area contributed by atoms with E-state index >= 15 is 0 Å². The third kappa shape index (κ3) is 4.19. The van der Waals surface area contributed by atoms with Gasteiger partial charge in [0.1, 0.15) is 12.6 Å². The summed E-state index contributed by atoms with van der Waals surface area (Å²) in [7, 11) is 0. The number of amides is 2. The minimum atomic E-state index is -0.943. The number of aliphatic carboxylic acids is 1. The van der Waals surface area contributed by atoms with Crippen LogP contribution >= 0.6 is 0 Å².